The molecule has 1 unspecified atom stereocenters. The Balaban J connectivity index is 2.26. The number of benzene rings is 1. The van der Waals surface area contributed by atoms with Crippen molar-refractivity contribution in [1.82, 2.24) is 5.32 Å². The molecular formula is C12H13F4NO2S. The van der Waals surface area contributed by atoms with Gasteiger partial charge in [0.1, 0.15) is 6.10 Å². The maximum atomic E-state index is 12.9. The van der Waals surface area contributed by atoms with Gasteiger partial charge in [0.2, 0.25) is 5.91 Å². The Hall–Kier alpha value is -1.28. The minimum atomic E-state index is -2.91. The summed E-state index contributed by atoms with van der Waals surface area (Å²) in [4.78, 5) is 11.7. The van der Waals surface area contributed by atoms with Crippen LogP contribution in [0.2, 0.25) is 0 Å². The third-order valence-electron chi connectivity index (χ3n) is 2.29. The molecule has 20 heavy (non-hydrogen) atoms. The van der Waals surface area contributed by atoms with Gasteiger partial charge in [0, 0.05) is 23.6 Å². The molecule has 1 rings (SSSR count). The number of aliphatic hydroxyl groups excluding tert-OH is 1. The molecule has 1 aromatic rings. The van der Waals surface area contributed by atoms with E-state index >= 15 is 0 Å². The van der Waals surface area contributed by atoms with Gasteiger partial charge in [-0.3, -0.25) is 4.79 Å². The van der Waals surface area contributed by atoms with Crippen LogP contribution < -0.4 is 5.32 Å². The van der Waals surface area contributed by atoms with Crippen LogP contribution in [0, 0.1) is 11.6 Å². The molecule has 0 saturated heterocycles. The second-order valence-corrected chi connectivity index (χ2v) is 5.05. The van der Waals surface area contributed by atoms with E-state index in [-0.39, 0.29) is 12.2 Å². The quantitative estimate of drug-likeness (QED) is 0.599. The lowest BCUT2D eigenvalue weighted by atomic mass is 10.3. The van der Waals surface area contributed by atoms with Gasteiger partial charge in [-0.05, 0) is 18.2 Å². The molecule has 0 aliphatic rings. The van der Waals surface area contributed by atoms with Gasteiger partial charge in [-0.2, -0.15) is 0 Å². The lowest BCUT2D eigenvalue weighted by Gasteiger charge is -2.10. The average Bonchev–Trinajstić information content (AvgIpc) is 2.40. The number of carbonyl (C=O) groups excluding carboxylic acids is 1. The molecule has 2 N–H and O–H groups in total. The van der Waals surface area contributed by atoms with Crippen molar-refractivity contribution < 1.29 is 27.5 Å². The number of hydrogen-bond acceptors (Lipinski definition) is 3. The van der Waals surface area contributed by atoms with Crippen LogP contribution in [0.4, 0.5) is 17.6 Å². The minimum absolute atomic E-state index is 0.0135. The van der Waals surface area contributed by atoms with Crippen molar-refractivity contribution in [3.63, 3.8) is 0 Å². The highest BCUT2D eigenvalue weighted by Crippen LogP contribution is 2.20. The molecule has 1 amide bonds. The Kier molecular flexibility index (Phi) is 6.80. The topological polar surface area (TPSA) is 49.3 Å². The van der Waals surface area contributed by atoms with Gasteiger partial charge in [0.25, 0.3) is 6.43 Å². The zero-order valence-corrected chi connectivity index (χ0v) is 11.1. The van der Waals surface area contributed by atoms with Crippen molar-refractivity contribution in [3.8, 4) is 0 Å². The van der Waals surface area contributed by atoms with Crippen LogP contribution in [0.15, 0.2) is 23.1 Å². The summed E-state index contributed by atoms with van der Waals surface area (Å²) >= 11 is 1.13. The summed E-state index contributed by atoms with van der Waals surface area (Å²) in [7, 11) is 0. The van der Waals surface area contributed by atoms with Crippen LogP contribution >= 0.6 is 11.8 Å². The van der Waals surface area contributed by atoms with E-state index in [2.05, 4.69) is 5.32 Å². The van der Waals surface area contributed by atoms with Crippen molar-refractivity contribution >= 4 is 17.7 Å². The fourth-order valence-corrected chi connectivity index (χ4v) is 2.10. The molecule has 112 valence electrons. The molecule has 0 spiro atoms. The number of aliphatic hydroxyl groups is 1. The lowest BCUT2D eigenvalue weighted by molar-refractivity contribution is -0.121. The molecule has 0 saturated carbocycles. The van der Waals surface area contributed by atoms with Crippen molar-refractivity contribution in [3.05, 3.63) is 29.8 Å². The molecule has 3 nitrogen and oxygen atoms in total. The van der Waals surface area contributed by atoms with Gasteiger partial charge in [0.15, 0.2) is 11.6 Å². The summed E-state index contributed by atoms with van der Waals surface area (Å²) in [5.74, 6) is -2.14. The average molecular weight is 311 g/mol. The van der Waals surface area contributed by atoms with Crippen LogP contribution in [-0.4, -0.2) is 35.8 Å². The first-order valence-corrected chi connectivity index (χ1v) is 6.69. The maximum Gasteiger partial charge on any atom is 0.265 e. The number of carbonyl (C=O) groups is 1. The number of amides is 1. The number of alkyl halides is 2. The first-order valence-electron chi connectivity index (χ1n) is 5.71. The number of nitrogens with one attached hydrogen (secondary N) is 1. The molecule has 0 aromatic heterocycles. The van der Waals surface area contributed by atoms with Gasteiger partial charge >= 0.3 is 0 Å². The summed E-state index contributed by atoms with van der Waals surface area (Å²) in [5, 5.41) is 10.9. The molecule has 0 aliphatic carbocycles. The molecule has 1 atom stereocenters. The predicted octanol–water partition coefficient (Wildman–Crippen LogP) is 2.19. The largest absolute Gasteiger partial charge is 0.385 e. The predicted molar refractivity (Wildman–Crippen MR) is 66.7 cm³/mol. The first kappa shape index (κ1) is 16.8. The summed E-state index contributed by atoms with van der Waals surface area (Å²) in [5.41, 5.74) is 0. The monoisotopic (exact) mass is 311 g/mol. The zero-order valence-electron chi connectivity index (χ0n) is 10.3. The highest BCUT2D eigenvalue weighted by atomic mass is 32.2. The van der Waals surface area contributed by atoms with Crippen molar-refractivity contribution in [2.45, 2.75) is 23.8 Å². The van der Waals surface area contributed by atoms with E-state index in [4.69, 9.17) is 5.11 Å². The van der Waals surface area contributed by atoms with E-state index in [0.717, 1.165) is 23.9 Å². The van der Waals surface area contributed by atoms with Crippen LogP contribution in [0.5, 0.6) is 0 Å². The van der Waals surface area contributed by atoms with Crippen LogP contribution in [0.3, 0.4) is 0 Å². The van der Waals surface area contributed by atoms with Crippen LogP contribution in [0.1, 0.15) is 6.42 Å². The third-order valence-corrected chi connectivity index (χ3v) is 3.28. The normalized spacial score (nSPS) is 12.5. The van der Waals surface area contributed by atoms with Gasteiger partial charge < -0.3 is 10.4 Å². The second-order valence-electron chi connectivity index (χ2n) is 3.88. The Bertz CT molecular complexity index is 459. The van der Waals surface area contributed by atoms with Gasteiger partial charge in [0.05, 0.1) is 0 Å². The molecule has 0 aliphatic heterocycles. The van der Waals surface area contributed by atoms with Gasteiger partial charge in [-0.15, -0.1) is 11.8 Å². The lowest BCUT2D eigenvalue weighted by Crippen LogP contribution is -2.35. The third kappa shape index (κ3) is 5.79. The van der Waals surface area contributed by atoms with E-state index < -0.39 is 36.6 Å². The smallest absolute Gasteiger partial charge is 0.265 e. The van der Waals surface area contributed by atoms with Crippen LogP contribution in [0.25, 0.3) is 0 Å². The molecule has 0 radical (unpaired) electrons. The molecule has 1 aromatic carbocycles. The van der Waals surface area contributed by atoms with E-state index in [9.17, 15) is 22.4 Å². The summed E-state index contributed by atoms with van der Waals surface area (Å²) in [6.07, 6.45) is -4.79. The molecule has 0 heterocycles. The molecule has 0 bridgehead atoms. The van der Waals surface area contributed by atoms with E-state index in [0.29, 0.717) is 4.90 Å². The minimum Gasteiger partial charge on any atom is -0.385 e. The summed E-state index contributed by atoms with van der Waals surface area (Å²) in [6, 6.07) is 3.37. The number of thioether (sulfide) groups is 1. The van der Waals surface area contributed by atoms with Gasteiger partial charge in [-0.1, -0.05) is 0 Å². The Morgan fingerprint density at radius 2 is 2.00 bits per heavy atom. The van der Waals surface area contributed by atoms with E-state index in [1.54, 1.807) is 0 Å². The molecule has 0 fully saturated rings. The van der Waals surface area contributed by atoms with Crippen LogP contribution in [-0.2, 0) is 4.79 Å². The summed E-state index contributed by atoms with van der Waals surface area (Å²) < 4.78 is 49.4. The maximum absolute atomic E-state index is 12.9. The van der Waals surface area contributed by atoms with Gasteiger partial charge in [-0.25, -0.2) is 17.6 Å². The van der Waals surface area contributed by atoms with Crippen molar-refractivity contribution in [2.75, 3.05) is 12.3 Å². The molecular weight excluding hydrogens is 298 g/mol. The standard InChI is InChI=1S/C12H13F4NO2S/c13-8-2-1-7(5-9(8)14)20-4-3-11(19)17-6-10(18)12(15)16/h1-2,5,10,12,18H,3-4,6H2,(H,17,19). The SMILES string of the molecule is O=C(CCSc1ccc(F)c(F)c1)NCC(O)C(F)F. The highest BCUT2D eigenvalue weighted by Gasteiger charge is 2.17. The first-order chi connectivity index (χ1) is 9.40. The molecule has 8 heteroatoms. The summed E-state index contributed by atoms with van der Waals surface area (Å²) in [6.45, 7) is -0.521. The number of hydrogen-bond donors (Lipinski definition) is 2. The van der Waals surface area contributed by atoms with Crippen molar-refractivity contribution in [1.29, 1.82) is 0 Å². The highest BCUT2D eigenvalue weighted by molar-refractivity contribution is 7.99. The number of halogens is 4. The van der Waals surface area contributed by atoms with E-state index in [1.165, 1.54) is 6.07 Å². The Morgan fingerprint density at radius 1 is 1.30 bits per heavy atom. The fraction of sp³-hybridized carbons (Fsp3) is 0.417. The Morgan fingerprint density at radius 3 is 2.60 bits per heavy atom. The second kappa shape index (κ2) is 8.11. The van der Waals surface area contributed by atoms with E-state index in [1.807, 2.05) is 0 Å². The zero-order chi connectivity index (χ0) is 15.1. The Labute approximate surface area is 117 Å². The fourth-order valence-electron chi connectivity index (χ4n) is 1.22. The number of rotatable bonds is 7. The van der Waals surface area contributed by atoms with Crippen molar-refractivity contribution in [2.24, 2.45) is 0 Å².